The van der Waals surface area contributed by atoms with Crippen LogP contribution in [0.5, 0.6) is 5.75 Å². The molecule has 0 aromatic heterocycles. The predicted octanol–water partition coefficient (Wildman–Crippen LogP) is 1.48. The van der Waals surface area contributed by atoms with Crippen LogP contribution in [0.25, 0.3) is 0 Å². The van der Waals surface area contributed by atoms with Gasteiger partial charge >= 0.3 is 5.97 Å². The fourth-order valence-corrected chi connectivity index (χ4v) is 1.69. The summed E-state index contributed by atoms with van der Waals surface area (Å²) in [4.78, 5) is 11.3. The van der Waals surface area contributed by atoms with Gasteiger partial charge in [0, 0.05) is 19.8 Å². The van der Waals surface area contributed by atoms with Gasteiger partial charge in [0.25, 0.3) is 0 Å². The van der Waals surface area contributed by atoms with Gasteiger partial charge in [0.1, 0.15) is 11.7 Å². The molecule has 0 bridgehead atoms. The third kappa shape index (κ3) is 2.95. The van der Waals surface area contributed by atoms with Gasteiger partial charge in [-0.3, -0.25) is 4.79 Å². The van der Waals surface area contributed by atoms with Crippen molar-refractivity contribution in [1.29, 1.82) is 0 Å². The predicted molar refractivity (Wildman–Crippen MR) is 61.2 cm³/mol. The minimum atomic E-state index is -1.02. The largest absolute Gasteiger partial charge is 0.496 e. The maximum Gasteiger partial charge on any atom is 0.316 e. The van der Waals surface area contributed by atoms with E-state index in [4.69, 9.17) is 14.2 Å². The Bertz CT molecular complexity index is 373. The molecular weight excluding hydrogens is 224 g/mol. The fraction of sp³-hybridized carbons (Fsp3) is 0.417. The SMILES string of the molecule is COc1ccccc1C(C(=O)O)C(OC)OC. The van der Waals surface area contributed by atoms with Gasteiger partial charge in [-0.25, -0.2) is 0 Å². The lowest BCUT2D eigenvalue weighted by Crippen LogP contribution is -2.29. The number of benzene rings is 1. The summed E-state index contributed by atoms with van der Waals surface area (Å²) in [5.74, 6) is -1.46. The van der Waals surface area contributed by atoms with Crippen LogP contribution in [0.15, 0.2) is 24.3 Å². The summed E-state index contributed by atoms with van der Waals surface area (Å²) >= 11 is 0. The number of ether oxygens (including phenoxy) is 3. The molecule has 0 spiro atoms. The van der Waals surface area contributed by atoms with E-state index in [1.807, 2.05) is 0 Å². The third-order valence-electron chi connectivity index (χ3n) is 2.48. The third-order valence-corrected chi connectivity index (χ3v) is 2.48. The monoisotopic (exact) mass is 240 g/mol. The summed E-state index contributed by atoms with van der Waals surface area (Å²) in [5.41, 5.74) is 0.524. The number of carboxylic acid groups (broad SMARTS) is 1. The second kappa shape index (κ2) is 6.22. The van der Waals surface area contributed by atoms with Crippen molar-refractivity contribution in [1.82, 2.24) is 0 Å². The highest BCUT2D eigenvalue weighted by molar-refractivity contribution is 5.77. The van der Waals surface area contributed by atoms with Gasteiger partial charge in [-0.05, 0) is 6.07 Å². The zero-order valence-electron chi connectivity index (χ0n) is 10.0. The molecule has 0 saturated carbocycles. The maximum absolute atomic E-state index is 11.3. The molecule has 0 saturated heterocycles. The summed E-state index contributed by atoms with van der Waals surface area (Å²) in [6.07, 6.45) is -0.858. The maximum atomic E-state index is 11.3. The first kappa shape index (κ1) is 13.5. The molecule has 0 fully saturated rings. The van der Waals surface area contributed by atoms with Crippen molar-refractivity contribution in [3.8, 4) is 5.75 Å². The van der Waals surface area contributed by atoms with Gasteiger partial charge in [-0.15, -0.1) is 0 Å². The number of carboxylic acids is 1. The Balaban J connectivity index is 3.17. The van der Waals surface area contributed by atoms with Gasteiger partial charge in [-0.1, -0.05) is 18.2 Å². The van der Waals surface area contributed by atoms with Crippen LogP contribution in [0.3, 0.4) is 0 Å². The number of hydrogen-bond acceptors (Lipinski definition) is 4. The average Bonchev–Trinajstić information content (AvgIpc) is 2.35. The molecule has 5 heteroatoms. The van der Waals surface area contributed by atoms with Crippen LogP contribution in [0.2, 0.25) is 0 Å². The average molecular weight is 240 g/mol. The molecule has 1 N–H and O–H groups in total. The number of methoxy groups -OCH3 is 3. The Hall–Kier alpha value is -1.59. The zero-order chi connectivity index (χ0) is 12.8. The van der Waals surface area contributed by atoms with Crippen molar-refractivity contribution in [3.63, 3.8) is 0 Å². The Morgan fingerprint density at radius 1 is 1.18 bits per heavy atom. The normalized spacial score (nSPS) is 12.5. The Morgan fingerprint density at radius 3 is 2.24 bits per heavy atom. The number of rotatable bonds is 6. The number of aliphatic carboxylic acids is 1. The van der Waals surface area contributed by atoms with E-state index in [0.717, 1.165) is 0 Å². The Kier molecular flexibility index (Phi) is 4.93. The Labute approximate surface area is 99.9 Å². The van der Waals surface area contributed by atoms with Gasteiger partial charge in [0.15, 0.2) is 6.29 Å². The summed E-state index contributed by atoms with van der Waals surface area (Å²) in [6, 6.07) is 6.91. The van der Waals surface area contributed by atoms with Crippen molar-refractivity contribution in [3.05, 3.63) is 29.8 Å². The van der Waals surface area contributed by atoms with E-state index in [1.54, 1.807) is 24.3 Å². The molecule has 1 aromatic rings. The molecule has 17 heavy (non-hydrogen) atoms. The lowest BCUT2D eigenvalue weighted by Gasteiger charge is -2.22. The number of carbonyl (C=O) groups is 1. The van der Waals surface area contributed by atoms with Crippen LogP contribution in [-0.4, -0.2) is 38.7 Å². The first-order valence-electron chi connectivity index (χ1n) is 5.07. The zero-order valence-corrected chi connectivity index (χ0v) is 10.0. The minimum Gasteiger partial charge on any atom is -0.496 e. The summed E-state index contributed by atoms with van der Waals surface area (Å²) in [7, 11) is 4.30. The van der Waals surface area contributed by atoms with E-state index in [-0.39, 0.29) is 0 Å². The molecule has 0 amide bonds. The fourth-order valence-electron chi connectivity index (χ4n) is 1.69. The van der Waals surface area contributed by atoms with Gasteiger partial charge in [0.05, 0.1) is 7.11 Å². The van der Waals surface area contributed by atoms with Crippen LogP contribution in [-0.2, 0) is 14.3 Å². The topological polar surface area (TPSA) is 65.0 Å². The van der Waals surface area contributed by atoms with Crippen molar-refractivity contribution in [2.45, 2.75) is 12.2 Å². The first-order chi connectivity index (χ1) is 8.15. The smallest absolute Gasteiger partial charge is 0.316 e. The van der Waals surface area contributed by atoms with Crippen molar-refractivity contribution in [2.75, 3.05) is 21.3 Å². The quantitative estimate of drug-likeness (QED) is 0.763. The molecule has 1 aromatic carbocycles. The van der Waals surface area contributed by atoms with E-state index in [0.29, 0.717) is 11.3 Å². The molecule has 1 unspecified atom stereocenters. The lowest BCUT2D eigenvalue weighted by molar-refractivity contribution is -0.160. The van der Waals surface area contributed by atoms with E-state index in [1.165, 1.54) is 21.3 Å². The van der Waals surface area contributed by atoms with E-state index in [9.17, 15) is 9.90 Å². The minimum absolute atomic E-state index is 0.499. The van der Waals surface area contributed by atoms with Crippen molar-refractivity contribution < 1.29 is 24.1 Å². The highest BCUT2D eigenvalue weighted by atomic mass is 16.7. The van der Waals surface area contributed by atoms with Crippen LogP contribution in [0.1, 0.15) is 11.5 Å². The summed E-state index contributed by atoms with van der Waals surface area (Å²) in [6.45, 7) is 0. The molecular formula is C12H16O5. The molecule has 0 aliphatic carbocycles. The first-order valence-corrected chi connectivity index (χ1v) is 5.07. The molecule has 0 radical (unpaired) electrons. The van der Waals surface area contributed by atoms with Crippen molar-refractivity contribution in [2.24, 2.45) is 0 Å². The molecule has 0 heterocycles. The second-order valence-electron chi connectivity index (χ2n) is 3.40. The standard InChI is InChI=1S/C12H16O5/c1-15-9-7-5-4-6-8(9)10(11(13)14)12(16-2)17-3/h4-7,10,12H,1-3H3,(H,13,14). The molecule has 0 aliphatic rings. The van der Waals surface area contributed by atoms with Crippen LogP contribution in [0.4, 0.5) is 0 Å². The number of hydrogen-bond donors (Lipinski definition) is 1. The van der Waals surface area contributed by atoms with Crippen LogP contribution >= 0.6 is 0 Å². The summed E-state index contributed by atoms with van der Waals surface area (Å²) < 4.78 is 15.2. The molecule has 1 atom stereocenters. The molecule has 0 aliphatic heterocycles. The van der Waals surface area contributed by atoms with Crippen LogP contribution in [0, 0.1) is 0 Å². The van der Waals surface area contributed by atoms with Crippen LogP contribution < -0.4 is 4.74 Å². The van der Waals surface area contributed by atoms with E-state index >= 15 is 0 Å². The molecule has 1 rings (SSSR count). The molecule has 94 valence electrons. The molecule has 5 nitrogen and oxygen atoms in total. The number of para-hydroxylation sites is 1. The van der Waals surface area contributed by atoms with Gasteiger partial charge < -0.3 is 19.3 Å². The van der Waals surface area contributed by atoms with E-state index in [2.05, 4.69) is 0 Å². The second-order valence-corrected chi connectivity index (χ2v) is 3.40. The highest BCUT2D eigenvalue weighted by Crippen LogP contribution is 2.30. The Morgan fingerprint density at radius 2 is 1.76 bits per heavy atom. The summed E-state index contributed by atoms with van der Waals surface area (Å²) in [5, 5.41) is 9.26. The lowest BCUT2D eigenvalue weighted by atomic mass is 9.97. The van der Waals surface area contributed by atoms with Gasteiger partial charge in [-0.2, -0.15) is 0 Å². The van der Waals surface area contributed by atoms with Crippen molar-refractivity contribution >= 4 is 5.97 Å². The highest BCUT2D eigenvalue weighted by Gasteiger charge is 2.32. The van der Waals surface area contributed by atoms with E-state index < -0.39 is 18.2 Å². The van der Waals surface area contributed by atoms with Gasteiger partial charge in [0.2, 0.25) is 0 Å².